The van der Waals surface area contributed by atoms with Gasteiger partial charge in [0.2, 0.25) is 10.0 Å². The lowest BCUT2D eigenvalue weighted by Gasteiger charge is -2.01. The minimum Gasteiger partial charge on any atom is -0.276 e. The highest BCUT2D eigenvalue weighted by Gasteiger charge is 2.11. The molecule has 2 aromatic heterocycles. The summed E-state index contributed by atoms with van der Waals surface area (Å²) in [7, 11) is -3.27. The van der Waals surface area contributed by atoms with E-state index in [-0.39, 0.29) is 5.75 Å². The smallest absolute Gasteiger partial charge is 0.233 e. The molecule has 0 fully saturated rings. The topological polar surface area (TPSA) is 74.8 Å². The molecule has 2 heterocycles. The minimum atomic E-state index is -3.27. The van der Waals surface area contributed by atoms with Crippen molar-refractivity contribution in [3.8, 4) is 11.3 Å². The third-order valence-corrected chi connectivity index (χ3v) is 4.29. The molecule has 92 valence electrons. The van der Waals surface area contributed by atoms with Gasteiger partial charge in [-0.2, -0.15) is 16.4 Å². The van der Waals surface area contributed by atoms with Gasteiger partial charge in [-0.15, -0.1) is 0 Å². The molecular weight excluding hydrogens is 258 g/mol. The van der Waals surface area contributed by atoms with Crippen LogP contribution in [-0.4, -0.2) is 24.4 Å². The maximum Gasteiger partial charge on any atom is 0.233 e. The maximum absolute atomic E-state index is 11.5. The number of nitrogens with zero attached hydrogens (tertiary/aromatic N) is 1. The van der Waals surface area contributed by atoms with Gasteiger partial charge in [0.15, 0.2) is 5.82 Å². The molecule has 0 atom stereocenters. The van der Waals surface area contributed by atoms with Crippen molar-refractivity contribution < 1.29 is 8.42 Å². The molecule has 5 nitrogen and oxygen atoms in total. The van der Waals surface area contributed by atoms with Gasteiger partial charge in [0, 0.05) is 17.0 Å². The van der Waals surface area contributed by atoms with E-state index in [1.165, 1.54) is 0 Å². The van der Waals surface area contributed by atoms with Crippen molar-refractivity contribution in [2.24, 2.45) is 0 Å². The van der Waals surface area contributed by atoms with Gasteiger partial charge in [-0.05, 0) is 17.9 Å². The molecule has 0 spiro atoms. The maximum atomic E-state index is 11.5. The van der Waals surface area contributed by atoms with Gasteiger partial charge < -0.3 is 0 Å². The summed E-state index contributed by atoms with van der Waals surface area (Å²) >= 11 is 1.58. The van der Waals surface area contributed by atoms with Crippen molar-refractivity contribution in [2.45, 2.75) is 13.3 Å². The number of hydrogen-bond donors (Lipinski definition) is 2. The largest absolute Gasteiger partial charge is 0.276 e. The van der Waals surface area contributed by atoms with Gasteiger partial charge in [-0.3, -0.25) is 9.82 Å². The van der Waals surface area contributed by atoms with E-state index in [0.717, 1.165) is 11.3 Å². The molecular formula is C10H13N3O2S2. The summed E-state index contributed by atoms with van der Waals surface area (Å²) in [6.45, 7) is 1.82. The van der Waals surface area contributed by atoms with Crippen molar-refractivity contribution in [1.29, 1.82) is 0 Å². The predicted octanol–water partition coefficient (Wildman–Crippen LogP) is 2.29. The van der Waals surface area contributed by atoms with Gasteiger partial charge in [0.25, 0.3) is 0 Å². The van der Waals surface area contributed by atoms with E-state index in [1.54, 1.807) is 17.4 Å². The predicted molar refractivity (Wildman–Crippen MR) is 69.6 cm³/mol. The number of anilines is 1. The Morgan fingerprint density at radius 1 is 1.53 bits per heavy atom. The molecule has 17 heavy (non-hydrogen) atoms. The van der Waals surface area contributed by atoms with Crippen LogP contribution in [0.25, 0.3) is 11.3 Å². The van der Waals surface area contributed by atoms with Crippen LogP contribution in [0.4, 0.5) is 5.82 Å². The van der Waals surface area contributed by atoms with Gasteiger partial charge in [-0.1, -0.05) is 6.92 Å². The monoisotopic (exact) mass is 271 g/mol. The van der Waals surface area contributed by atoms with Crippen molar-refractivity contribution in [2.75, 3.05) is 10.5 Å². The van der Waals surface area contributed by atoms with Gasteiger partial charge >= 0.3 is 0 Å². The van der Waals surface area contributed by atoms with Crippen LogP contribution in [0.2, 0.25) is 0 Å². The molecule has 2 rings (SSSR count). The summed E-state index contributed by atoms with van der Waals surface area (Å²) in [5.74, 6) is 0.438. The zero-order valence-corrected chi connectivity index (χ0v) is 10.9. The van der Waals surface area contributed by atoms with Gasteiger partial charge in [-0.25, -0.2) is 8.42 Å². The number of nitrogens with one attached hydrogen (secondary N) is 2. The molecule has 7 heteroatoms. The lowest BCUT2D eigenvalue weighted by atomic mass is 10.2. The molecule has 0 saturated heterocycles. The number of H-pyrrole nitrogens is 1. The number of sulfonamides is 1. The van der Waals surface area contributed by atoms with Crippen molar-refractivity contribution in [1.82, 2.24) is 10.2 Å². The summed E-state index contributed by atoms with van der Waals surface area (Å²) in [6, 6.07) is 3.64. The molecule has 0 radical (unpaired) electrons. The quantitative estimate of drug-likeness (QED) is 0.876. The Hall–Kier alpha value is -1.34. The number of hydrogen-bond acceptors (Lipinski definition) is 4. The fourth-order valence-electron chi connectivity index (χ4n) is 1.42. The summed E-state index contributed by atoms with van der Waals surface area (Å²) in [5.41, 5.74) is 1.81. The second-order valence-electron chi connectivity index (χ2n) is 3.60. The number of aromatic nitrogens is 2. The van der Waals surface area contributed by atoms with Gasteiger partial charge in [0.05, 0.1) is 11.4 Å². The average molecular weight is 271 g/mol. The molecule has 2 N–H and O–H groups in total. The van der Waals surface area contributed by atoms with Crippen molar-refractivity contribution >= 4 is 27.2 Å². The molecule has 2 aromatic rings. The molecule has 0 bridgehead atoms. The van der Waals surface area contributed by atoms with Crippen molar-refractivity contribution in [3.63, 3.8) is 0 Å². The van der Waals surface area contributed by atoms with Crippen LogP contribution >= 0.6 is 11.3 Å². The molecule has 0 aromatic carbocycles. The van der Waals surface area contributed by atoms with Crippen LogP contribution in [0.15, 0.2) is 22.9 Å². The lowest BCUT2D eigenvalue weighted by molar-refractivity contribution is 0.599. The van der Waals surface area contributed by atoms with E-state index in [4.69, 9.17) is 0 Å². The fraction of sp³-hybridized carbons (Fsp3) is 0.300. The zero-order chi connectivity index (χ0) is 12.3. The lowest BCUT2D eigenvalue weighted by Crippen LogP contribution is -2.16. The molecule has 0 aliphatic rings. The summed E-state index contributed by atoms with van der Waals surface area (Å²) in [6.07, 6.45) is 0.580. The molecule has 0 aliphatic heterocycles. The first-order valence-corrected chi connectivity index (χ1v) is 7.78. The Kier molecular flexibility index (Phi) is 3.49. The highest BCUT2D eigenvalue weighted by Crippen LogP contribution is 2.22. The molecule has 0 aliphatic carbocycles. The zero-order valence-electron chi connectivity index (χ0n) is 9.30. The van der Waals surface area contributed by atoms with E-state index < -0.39 is 10.0 Å². The Morgan fingerprint density at radius 2 is 2.35 bits per heavy atom. The van der Waals surface area contributed by atoms with Crippen LogP contribution < -0.4 is 4.72 Å². The summed E-state index contributed by atoms with van der Waals surface area (Å²) in [4.78, 5) is 0. The number of rotatable bonds is 5. The van der Waals surface area contributed by atoms with E-state index in [0.29, 0.717) is 12.2 Å². The Labute approximate surface area is 104 Å². The van der Waals surface area contributed by atoms with E-state index >= 15 is 0 Å². The van der Waals surface area contributed by atoms with Crippen LogP contribution in [0.5, 0.6) is 0 Å². The van der Waals surface area contributed by atoms with Crippen LogP contribution in [0.1, 0.15) is 13.3 Å². The Balaban J connectivity index is 2.15. The van der Waals surface area contributed by atoms with Crippen LogP contribution in [0.3, 0.4) is 0 Å². The highest BCUT2D eigenvalue weighted by atomic mass is 32.2. The number of aromatic amines is 1. The second-order valence-corrected chi connectivity index (χ2v) is 6.22. The van der Waals surface area contributed by atoms with E-state index in [9.17, 15) is 8.42 Å². The first-order valence-electron chi connectivity index (χ1n) is 5.19. The van der Waals surface area contributed by atoms with Gasteiger partial charge in [0.1, 0.15) is 0 Å². The fourth-order valence-corrected chi connectivity index (χ4v) is 3.14. The Morgan fingerprint density at radius 3 is 3.00 bits per heavy atom. The Bertz CT molecular complexity index is 572. The highest BCUT2D eigenvalue weighted by molar-refractivity contribution is 7.92. The third-order valence-electron chi connectivity index (χ3n) is 2.14. The average Bonchev–Trinajstić information content (AvgIpc) is 2.85. The third kappa shape index (κ3) is 3.07. The second kappa shape index (κ2) is 4.89. The SMILES string of the molecule is CCCS(=O)(=O)Nc1cc(-c2ccsc2)[nH]n1. The standard InChI is InChI=1S/C10H13N3O2S2/c1-2-5-17(14,15)13-10-6-9(11-12-10)8-3-4-16-7-8/h3-4,6-7H,2,5H2,1H3,(H2,11,12,13). The van der Waals surface area contributed by atoms with E-state index in [1.807, 2.05) is 23.8 Å². The molecule has 0 amide bonds. The summed E-state index contributed by atoms with van der Waals surface area (Å²) < 4.78 is 25.5. The first-order chi connectivity index (χ1) is 8.11. The number of thiophene rings is 1. The van der Waals surface area contributed by atoms with Crippen LogP contribution in [0, 0.1) is 0 Å². The normalized spacial score (nSPS) is 11.6. The summed E-state index contributed by atoms with van der Waals surface area (Å²) in [5, 5.41) is 10.7. The van der Waals surface area contributed by atoms with Crippen LogP contribution in [-0.2, 0) is 10.0 Å². The van der Waals surface area contributed by atoms with Crippen molar-refractivity contribution in [3.05, 3.63) is 22.9 Å². The minimum absolute atomic E-state index is 0.105. The first kappa shape index (κ1) is 12.1. The molecule has 0 saturated carbocycles. The van der Waals surface area contributed by atoms with E-state index in [2.05, 4.69) is 14.9 Å². The molecule has 0 unspecified atom stereocenters.